The minimum Gasteiger partial charge on any atom is -0.490 e. The monoisotopic (exact) mass is 463 g/mol. The van der Waals surface area contributed by atoms with Crippen molar-refractivity contribution in [3.63, 3.8) is 0 Å². The Hall–Kier alpha value is -3.83. The highest BCUT2D eigenvalue weighted by molar-refractivity contribution is 6.10. The van der Waals surface area contributed by atoms with Crippen molar-refractivity contribution in [2.75, 3.05) is 44.8 Å². The van der Waals surface area contributed by atoms with Crippen molar-refractivity contribution < 1.29 is 23.8 Å². The number of carbonyl (C=O) groups is 2. The highest BCUT2D eigenvalue weighted by Gasteiger charge is 2.18. The first-order chi connectivity index (χ1) is 16.4. The fraction of sp³-hybridized carbons (Fsp3) is 0.346. The third-order valence-electron chi connectivity index (χ3n) is 5.30. The number of ether oxygens (including phenoxy) is 3. The maximum atomic E-state index is 12.7. The first-order valence-electron chi connectivity index (χ1n) is 11.2. The Labute approximate surface area is 199 Å². The zero-order chi connectivity index (χ0) is 24.5. The summed E-state index contributed by atoms with van der Waals surface area (Å²) < 4.78 is 16.7. The summed E-state index contributed by atoms with van der Waals surface area (Å²) >= 11 is 0. The Bertz CT molecular complexity index is 1110. The number of nitrogens with zero attached hydrogens (tertiary/aromatic N) is 2. The number of amides is 2. The number of aryl methyl sites for hydroxylation is 2. The Morgan fingerprint density at radius 3 is 2.59 bits per heavy atom. The lowest BCUT2D eigenvalue weighted by atomic mass is 10.1. The van der Waals surface area contributed by atoms with Gasteiger partial charge in [0.2, 0.25) is 0 Å². The second-order valence-electron chi connectivity index (χ2n) is 7.86. The number of nitrogens with one attached hydrogen (secondary N) is 1. The molecule has 34 heavy (non-hydrogen) atoms. The summed E-state index contributed by atoms with van der Waals surface area (Å²) in [5.74, 6) is 0.229. The molecule has 1 saturated heterocycles. The van der Waals surface area contributed by atoms with Crippen LogP contribution in [0.15, 0.2) is 42.0 Å². The number of benzene rings is 2. The number of nitriles is 1. The zero-order valence-corrected chi connectivity index (χ0v) is 19.7. The van der Waals surface area contributed by atoms with Gasteiger partial charge in [0.1, 0.15) is 11.6 Å². The van der Waals surface area contributed by atoms with Crippen molar-refractivity contribution in [1.29, 1.82) is 5.26 Å². The van der Waals surface area contributed by atoms with E-state index in [9.17, 15) is 14.9 Å². The molecule has 0 saturated carbocycles. The summed E-state index contributed by atoms with van der Waals surface area (Å²) in [5.41, 5.74) is 3.13. The molecule has 2 aromatic carbocycles. The molecule has 0 spiro atoms. The number of hydrogen-bond acceptors (Lipinski definition) is 6. The molecule has 178 valence electrons. The van der Waals surface area contributed by atoms with E-state index in [1.54, 1.807) is 23.1 Å². The predicted octanol–water partition coefficient (Wildman–Crippen LogP) is 3.49. The number of anilines is 1. The summed E-state index contributed by atoms with van der Waals surface area (Å²) in [7, 11) is 0. The van der Waals surface area contributed by atoms with Gasteiger partial charge in [-0.2, -0.15) is 5.26 Å². The van der Waals surface area contributed by atoms with Gasteiger partial charge in [-0.1, -0.05) is 18.2 Å². The highest BCUT2D eigenvalue weighted by Crippen LogP contribution is 2.29. The third-order valence-corrected chi connectivity index (χ3v) is 5.30. The molecule has 0 radical (unpaired) electrons. The van der Waals surface area contributed by atoms with Gasteiger partial charge >= 0.3 is 0 Å². The van der Waals surface area contributed by atoms with Crippen molar-refractivity contribution in [2.24, 2.45) is 0 Å². The average Bonchev–Trinajstić information content (AvgIpc) is 2.84. The number of morpholine rings is 1. The lowest BCUT2D eigenvalue weighted by molar-refractivity contribution is -0.137. The van der Waals surface area contributed by atoms with E-state index in [1.165, 1.54) is 6.08 Å². The minimum atomic E-state index is -0.495. The fourth-order valence-electron chi connectivity index (χ4n) is 3.42. The van der Waals surface area contributed by atoms with Crippen molar-refractivity contribution in [1.82, 2.24) is 4.90 Å². The lowest BCUT2D eigenvalue weighted by Gasteiger charge is -2.26. The molecule has 1 fully saturated rings. The van der Waals surface area contributed by atoms with Gasteiger partial charge in [-0.25, -0.2) is 0 Å². The summed E-state index contributed by atoms with van der Waals surface area (Å²) in [6.07, 6.45) is 1.49. The fourth-order valence-corrected chi connectivity index (χ4v) is 3.42. The van der Waals surface area contributed by atoms with Crippen LogP contribution in [0.4, 0.5) is 5.69 Å². The van der Waals surface area contributed by atoms with Crippen molar-refractivity contribution in [3.8, 4) is 17.6 Å². The Balaban J connectivity index is 1.74. The van der Waals surface area contributed by atoms with Crippen LogP contribution >= 0.6 is 0 Å². The van der Waals surface area contributed by atoms with Crippen LogP contribution in [0, 0.1) is 25.2 Å². The Kier molecular flexibility index (Phi) is 8.66. The predicted molar refractivity (Wildman–Crippen MR) is 129 cm³/mol. The Morgan fingerprint density at radius 1 is 1.12 bits per heavy atom. The van der Waals surface area contributed by atoms with Gasteiger partial charge in [-0.15, -0.1) is 0 Å². The SMILES string of the molecule is CCOc1cc(/C=C(/C#N)C(=O)Nc2cc(C)ccc2C)ccc1OCC(=O)N1CCOCC1. The summed E-state index contributed by atoms with van der Waals surface area (Å²) in [4.78, 5) is 26.8. The molecule has 0 unspecified atom stereocenters. The maximum Gasteiger partial charge on any atom is 0.266 e. The molecule has 0 aliphatic carbocycles. The Morgan fingerprint density at radius 2 is 1.88 bits per heavy atom. The van der Waals surface area contributed by atoms with Crippen molar-refractivity contribution >= 4 is 23.6 Å². The number of carbonyl (C=O) groups excluding carboxylic acids is 2. The molecular weight excluding hydrogens is 434 g/mol. The average molecular weight is 464 g/mol. The second kappa shape index (κ2) is 11.9. The van der Waals surface area contributed by atoms with Crippen molar-refractivity contribution in [2.45, 2.75) is 20.8 Å². The molecule has 1 aliphatic rings. The van der Waals surface area contributed by atoms with E-state index in [1.807, 2.05) is 45.0 Å². The molecule has 8 nitrogen and oxygen atoms in total. The molecule has 1 aliphatic heterocycles. The molecule has 0 aromatic heterocycles. The molecular formula is C26H29N3O5. The topological polar surface area (TPSA) is 101 Å². The van der Waals surface area contributed by atoms with E-state index in [4.69, 9.17) is 14.2 Å². The van der Waals surface area contributed by atoms with Gasteiger partial charge in [-0.05, 0) is 61.7 Å². The quantitative estimate of drug-likeness (QED) is 0.475. The zero-order valence-electron chi connectivity index (χ0n) is 19.7. The summed E-state index contributed by atoms with van der Waals surface area (Å²) in [6.45, 7) is 8.08. The maximum absolute atomic E-state index is 12.7. The van der Waals surface area contributed by atoms with Gasteiger partial charge in [-0.3, -0.25) is 9.59 Å². The van der Waals surface area contributed by atoms with Crippen LogP contribution < -0.4 is 14.8 Å². The van der Waals surface area contributed by atoms with Crippen LogP contribution in [0.1, 0.15) is 23.6 Å². The molecule has 8 heteroatoms. The normalized spacial score (nSPS) is 13.7. The van der Waals surface area contributed by atoms with E-state index in [-0.39, 0.29) is 18.1 Å². The first-order valence-corrected chi connectivity index (χ1v) is 11.2. The summed E-state index contributed by atoms with van der Waals surface area (Å²) in [6, 6.07) is 12.8. The van der Waals surface area contributed by atoms with Crippen LogP contribution in [0.2, 0.25) is 0 Å². The van der Waals surface area contributed by atoms with Crippen LogP contribution in [-0.2, 0) is 14.3 Å². The third kappa shape index (κ3) is 6.59. The van der Waals surface area contributed by atoms with E-state index in [2.05, 4.69) is 5.32 Å². The molecule has 2 amide bonds. The van der Waals surface area contributed by atoms with E-state index in [0.29, 0.717) is 55.7 Å². The first kappa shape index (κ1) is 24.8. The highest BCUT2D eigenvalue weighted by atomic mass is 16.5. The van der Waals surface area contributed by atoms with Gasteiger partial charge in [0.25, 0.3) is 11.8 Å². The van der Waals surface area contributed by atoms with Crippen molar-refractivity contribution in [3.05, 3.63) is 58.7 Å². The summed E-state index contributed by atoms with van der Waals surface area (Å²) in [5, 5.41) is 12.4. The molecule has 0 atom stereocenters. The van der Waals surface area contributed by atoms with Gasteiger partial charge in [0, 0.05) is 18.8 Å². The van der Waals surface area contributed by atoms with Crippen LogP contribution in [0.5, 0.6) is 11.5 Å². The van der Waals surface area contributed by atoms with Gasteiger partial charge in [0.05, 0.1) is 19.8 Å². The van der Waals surface area contributed by atoms with Crippen LogP contribution in [0.25, 0.3) is 6.08 Å². The second-order valence-corrected chi connectivity index (χ2v) is 7.86. The standard InChI is InChI=1S/C26H29N3O5/c1-4-33-24-15-20(7-8-23(24)34-17-25(30)29-9-11-32-12-10-29)14-21(16-27)26(31)28-22-13-18(2)5-6-19(22)3/h5-8,13-15H,4,9-12,17H2,1-3H3,(H,28,31)/b21-14-. The molecule has 0 bridgehead atoms. The minimum absolute atomic E-state index is 0.0421. The van der Waals surface area contributed by atoms with Crippen LogP contribution in [-0.4, -0.2) is 56.2 Å². The van der Waals surface area contributed by atoms with E-state index < -0.39 is 5.91 Å². The molecule has 3 rings (SSSR count). The largest absolute Gasteiger partial charge is 0.490 e. The number of hydrogen-bond donors (Lipinski definition) is 1. The number of rotatable bonds is 8. The molecule has 1 N–H and O–H groups in total. The molecule has 1 heterocycles. The van der Waals surface area contributed by atoms with Crippen LogP contribution in [0.3, 0.4) is 0 Å². The lowest BCUT2D eigenvalue weighted by Crippen LogP contribution is -2.43. The smallest absolute Gasteiger partial charge is 0.266 e. The van der Waals surface area contributed by atoms with E-state index >= 15 is 0 Å². The molecule has 2 aromatic rings. The van der Waals surface area contributed by atoms with Gasteiger partial charge < -0.3 is 24.4 Å². The van der Waals surface area contributed by atoms with Gasteiger partial charge in [0.15, 0.2) is 18.1 Å². The van der Waals surface area contributed by atoms with E-state index in [0.717, 1.165) is 11.1 Å².